The van der Waals surface area contributed by atoms with Crippen LogP contribution in [0, 0.1) is 0 Å². The second-order valence-electron chi connectivity index (χ2n) is 5.71. The number of nitrogens with one attached hydrogen (secondary N) is 1. The van der Waals surface area contributed by atoms with E-state index >= 15 is 0 Å². The van der Waals surface area contributed by atoms with Crippen LogP contribution in [-0.4, -0.2) is 19.1 Å². The summed E-state index contributed by atoms with van der Waals surface area (Å²) >= 11 is 6.06. The van der Waals surface area contributed by atoms with Crippen molar-refractivity contribution in [2.45, 2.75) is 26.2 Å². The first-order valence-corrected chi connectivity index (χ1v) is 8.99. The Morgan fingerprint density at radius 1 is 1.16 bits per heavy atom. The molecule has 0 atom stereocenters. The van der Waals surface area contributed by atoms with Gasteiger partial charge >= 0.3 is 0 Å². The Hall–Kier alpha value is -2.26. The highest BCUT2D eigenvalue weighted by Crippen LogP contribution is 2.19. The number of rotatable bonds is 9. The highest BCUT2D eigenvalue weighted by molar-refractivity contribution is 6.32. The topological polar surface area (TPSA) is 38.3 Å². The molecule has 1 amide bonds. The second kappa shape index (κ2) is 10.6. The van der Waals surface area contributed by atoms with Crippen molar-refractivity contribution >= 4 is 23.6 Å². The lowest BCUT2D eigenvalue weighted by atomic mass is 10.1. The molecule has 0 fully saturated rings. The van der Waals surface area contributed by atoms with E-state index in [9.17, 15) is 4.79 Å². The summed E-state index contributed by atoms with van der Waals surface area (Å²) in [6, 6.07) is 15.5. The molecule has 2 aromatic carbocycles. The molecule has 0 aromatic heterocycles. The highest BCUT2D eigenvalue weighted by Gasteiger charge is 2.03. The van der Waals surface area contributed by atoms with E-state index in [1.807, 2.05) is 36.4 Å². The maximum Gasteiger partial charge on any atom is 0.244 e. The quantitative estimate of drug-likeness (QED) is 0.512. The van der Waals surface area contributed by atoms with Crippen molar-refractivity contribution < 1.29 is 9.53 Å². The lowest BCUT2D eigenvalue weighted by molar-refractivity contribution is -0.116. The Morgan fingerprint density at radius 2 is 1.92 bits per heavy atom. The molecule has 0 saturated carbocycles. The third-order valence-electron chi connectivity index (χ3n) is 3.68. The van der Waals surface area contributed by atoms with Crippen molar-refractivity contribution in [1.82, 2.24) is 5.32 Å². The first-order chi connectivity index (χ1) is 12.2. The van der Waals surface area contributed by atoms with Crippen LogP contribution >= 0.6 is 11.6 Å². The summed E-state index contributed by atoms with van der Waals surface area (Å²) in [5.41, 5.74) is 2.01. The van der Waals surface area contributed by atoms with Gasteiger partial charge in [0.25, 0.3) is 0 Å². The van der Waals surface area contributed by atoms with E-state index in [1.54, 1.807) is 12.1 Å². The molecule has 4 heteroatoms. The van der Waals surface area contributed by atoms with Crippen LogP contribution in [0.5, 0.6) is 5.75 Å². The zero-order valence-electron chi connectivity index (χ0n) is 14.5. The minimum atomic E-state index is -0.115. The first kappa shape index (κ1) is 19.1. The number of carbonyl (C=O) groups excluding carboxylic acids is 1. The van der Waals surface area contributed by atoms with Crippen LogP contribution in [-0.2, 0) is 11.2 Å². The summed E-state index contributed by atoms with van der Waals surface area (Å²) in [5, 5.41) is 3.53. The van der Waals surface area contributed by atoms with E-state index < -0.39 is 0 Å². The molecule has 2 rings (SSSR count). The summed E-state index contributed by atoms with van der Waals surface area (Å²) < 4.78 is 5.75. The van der Waals surface area contributed by atoms with Crippen LogP contribution in [0.2, 0.25) is 5.02 Å². The molecule has 0 aliphatic rings. The standard InChI is InChI=1S/C21H24ClNO2/c1-2-16-25-20-12-6-4-9-18(20)10-7-15-23-21(24)14-13-17-8-3-5-11-19(17)22/h3-6,8-9,11-14H,2,7,10,15-16H2,1H3,(H,23,24)/b14-13+. The largest absolute Gasteiger partial charge is 0.493 e. The number of carbonyl (C=O) groups is 1. The molecule has 132 valence electrons. The fourth-order valence-electron chi connectivity index (χ4n) is 2.39. The lowest BCUT2D eigenvalue weighted by Gasteiger charge is -2.10. The van der Waals surface area contributed by atoms with E-state index in [-0.39, 0.29) is 5.91 Å². The molecule has 0 spiro atoms. The van der Waals surface area contributed by atoms with E-state index in [2.05, 4.69) is 18.3 Å². The molecule has 3 nitrogen and oxygen atoms in total. The number of ether oxygens (including phenoxy) is 1. The van der Waals surface area contributed by atoms with Gasteiger partial charge in [0, 0.05) is 17.6 Å². The predicted molar refractivity (Wildman–Crippen MR) is 104 cm³/mol. The maximum absolute atomic E-state index is 11.9. The fourth-order valence-corrected chi connectivity index (χ4v) is 2.59. The molecular weight excluding hydrogens is 334 g/mol. The van der Waals surface area contributed by atoms with Gasteiger partial charge in [0.15, 0.2) is 0 Å². The average Bonchev–Trinajstić information content (AvgIpc) is 2.63. The molecule has 0 unspecified atom stereocenters. The molecule has 1 N–H and O–H groups in total. The molecule has 0 aliphatic carbocycles. The van der Waals surface area contributed by atoms with E-state index in [0.717, 1.165) is 37.2 Å². The van der Waals surface area contributed by atoms with Gasteiger partial charge in [0.05, 0.1) is 6.61 Å². The van der Waals surface area contributed by atoms with Crippen LogP contribution < -0.4 is 10.1 Å². The van der Waals surface area contributed by atoms with Gasteiger partial charge in [-0.15, -0.1) is 0 Å². The molecule has 0 radical (unpaired) electrons. The maximum atomic E-state index is 11.9. The van der Waals surface area contributed by atoms with Crippen LogP contribution in [0.25, 0.3) is 6.08 Å². The van der Waals surface area contributed by atoms with Crippen LogP contribution in [0.1, 0.15) is 30.9 Å². The Labute approximate surface area is 154 Å². The van der Waals surface area contributed by atoms with Gasteiger partial charge in [0.1, 0.15) is 5.75 Å². The van der Waals surface area contributed by atoms with Crippen molar-refractivity contribution in [1.29, 1.82) is 0 Å². The molecule has 0 aliphatic heterocycles. The van der Waals surface area contributed by atoms with Gasteiger partial charge < -0.3 is 10.1 Å². The summed E-state index contributed by atoms with van der Waals surface area (Å²) in [6.45, 7) is 3.43. The molecule has 0 bridgehead atoms. The lowest BCUT2D eigenvalue weighted by Crippen LogP contribution is -2.22. The number of amides is 1. The Bertz CT molecular complexity index is 713. The Kier molecular flexibility index (Phi) is 8.06. The average molecular weight is 358 g/mol. The summed E-state index contributed by atoms with van der Waals surface area (Å²) in [4.78, 5) is 11.9. The molecule has 2 aromatic rings. The normalized spacial score (nSPS) is 10.8. The van der Waals surface area contributed by atoms with E-state index in [1.165, 1.54) is 11.6 Å². The summed E-state index contributed by atoms with van der Waals surface area (Å²) in [7, 11) is 0. The van der Waals surface area contributed by atoms with Crippen LogP contribution in [0.4, 0.5) is 0 Å². The van der Waals surface area contributed by atoms with Gasteiger partial charge in [-0.25, -0.2) is 0 Å². The molecule has 25 heavy (non-hydrogen) atoms. The van der Waals surface area contributed by atoms with Crippen molar-refractivity contribution in [3.63, 3.8) is 0 Å². The van der Waals surface area contributed by atoms with Gasteiger partial charge in [-0.1, -0.05) is 54.9 Å². The number of hydrogen-bond donors (Lipinski definition) is 1. The minimum Gasteiger partial charge on any atom is -0.493 e. The summed E-state index contributed by atoms with van der Waals surface area (Å²) in [5.74, 6) is 0.824. The number of benzene rings is 2. The zero-order valence-corrected chi connectivity index (χ0v) is 15.3. The van der Waals surface area contributed by atoms with E-state index in [4.69, 9.17) is 16.3 Å². The zero-order chi connectivity index (χ0) is 17.9. The van der Waals surface area contributed by atoms with E-state index in [0.29, 0.717) is 11.6 Å². The third-order valence-corrected chi connectivity index (χ3v) is 4.02. The van der Waals surface area contributed by atoms with Gasteiger partial charge in [-0.2, -0.15) is 0 Å². The minimum absolute atomic E-state index is 0.115. The van der Waals surface area contributed by atoms with Crippen molar-refractivity contribution in [3.8, 4) is 5.75 Å². The predicted octanol–water partition coefficient (Wildman–Crippen LogP) is 4.89. The van der Waals surface area contributed by atoms with Crippen molar-refractivity contribution in [2.24, 2.45) is 0 Å². The van der Waals surface area contributed by atoms with Crippen molar-refractivity contribution in [3.05, 3.63) is 70.8 Å². The fraction of sp³-hybridized carbons (Fsp3) is 0.286. The first-order valence-electron chi connectivity index (χ1n) is 8.62. The number of halogens is 1. The monoisotopic (exact) mass is 357 g/mol. The van der Waals surface area contributed by atoms with Crippen molar-refractivity contribution in [2.75, 3.05) is 13.2 Å². The smallest absolute Gasteiger partial charge is 0.244 e. The van der Waals surface area contributed by atoms with Gasteiger partial charge in [0.2, 0.25) is 5.91 Å². The van der Waals surface area contributed by atoms with Crippen LogP contribution in [0.3, 0.4) is 0 Å². The Balaban J connectivity index is 1.76. The SMILES string of the molecule is CCCOc1ccccc1CCCNC(=O)/C=C/c1ccccc1Cl. The van der Waals surface area contributed by atoms with Gasteiger partial charge in [-0.05, 0) is 48.6 Å². The highest BCUT2D eigenvalue weighted by atomic mass is 35.5. The molecular formula is C21H24ClNO2. The number of hydrogen-bond acceptors (Lipinski definition) is 2. The second-order valence-corrected chi connectivity index (χ2v) is 6.11. The third kappa shape index (κ3) is 6.63. The number of aryl methyl sites for hydroxylation is 1. The molecule has 0 saturated heterocycles. The summed E-state index contributed by atoms with van der Waals surface area (Å²) in [6.07, 6.45) is 5.96. The van der Waals surface area contributed by atoms with Gasteiger partial charge in [-0.3, -0.25) is 4.79 Å². The number of para-hydroxylation sites is 1. The Morgan fingerprint density at radius 3 is 2.72 bits per heavy atom. The molecule has 0 heterocycles. The van der Waals surface area contributed by atoms with Crippen LogP contribution in [0.15, 0.2) is 54.6 Å².